The fourth-order valence-electron chi connectivity index (χ4n) is 0. The molecule has 0 aromatic heterocycles. The maximum Gasteiger partial charge on any atom is 0.187 e. The SMILES string of the molecule is [AlH3].[AlH3].[AlH3].[AlH3].[Li].[Li].[Li].[Li]. The molecule has 0 amide bonds. The summed E-state index contributed by atoms with van der Waals surface area (Å²) in [5.74, 6) is 0. The molecule has 0 fully saturated rings. The van der Waals surface area contributed by atoms with E-state index in [2.05, 4.69) is 0 Å². The van der Waals surface area contributed by atoms with E-state index in [0.717, 1.165) is 0 Å². The molecule has 8 heavy (non-hydrogen) atoms. The molecular formula is H12Al4Li4. The van der Waals surface area contributed by atoms with Gasteiger partial charge in [0.25, 0.3) is 0 Å². The van der Waals surface area contributed by atoms with E-state index in [-0.39, 0.29) is 145 Å². The summed E-state index contributed by atoms with van der Waals surface area (Å²) in [6.45, 7) is 0. The van der Waals surface area contributed by atoms with Crippen molar-refractivity contribution >= 4 is 145 Å². The first-order valence-corrected chi connectivity index (χ1v) is 0. The van der Waals surface area contributed by atoms with Crippen LogP contribution in [0.25, 0.3) is 0 Å². The number of rotatable bonds is 0. The zero-order chi connectivity index (χ0) is 0. The smallest absolute Gasteiger partial charge is 0 e. The minimum atomic E-state index is 0. The second-order valence-corrected chi connectivity index (χ2v) is 0. The zero-order valence-corrected chi connectivity index (χ0v) is 4.00. The zero-order valence-electron chi connectivity index (χ0n) is 4.00. The van der Waals surface area contributed by atoms with Gasteiger partial charge in [-0.3, -0.25) is 0 Å². The Balaban J connectivity index is 0. The molecule has 0 rings (SSSR count). The van der Waals surface area contributed by atoms with E-state index in [4.69, 9.17) is 0 Å². The van der Waals surface area contributed by atoms with Gasteiger partial charge in [-0.25, -0.2) is 0 Å². The predicted octanol–water partition coefficient (Wildman–Crippen LogP) is -6.26. The van der Waals surface area contributed by atoms with Crippen LogP contribution in [0.5, 0.6) is 0 Å². The van der Waals surface area contributed by atoms with Crippen LogP contribution in [0.2, 0.25) is 0 Å². The summed E-state index contributed by atoms with van der Waals surface area (Å²) >= 11 is 0. The Bertz CT molecular complexity index is 8.00. The summed E-state index contributed by atoms with van der Waals surface area (Å²) in [7, 11) is 0. The minimum Gasteiger partial charge on any atom is 0 e. The summed E-state index contributed by atoms with van der Waals surface area (Å²) in [5, 5.41) is 0. The largest absolute Gasteiger partial charge is 0.187 e. The molecule has 0 nitrogen and oxygen atoms in total. The summed E-state index contributed by atoms with van der Waals surface area (Å²) in [6, 6.07) is 0. The second-order valence-electron chi connectivity index (χ2n) is 0. The molecule has 0 aromatic rings. The standard InChI is InChI=1S/4Al.4Li.12H. The number of hydrogen-bond donors (Lipinski definition) is 0. The van der Waals surface area contributed by atoms with E-state index in [1.54, 1.807) is 0 Å². The summed E-state index contributed by atoms with van der Waals surface area (Å²) in [6.07, 6.45) is 0. The van der Waals surface area contributed by atoms with Gasteiger partial charge in [0, 0.05) is 75.4 Å². The van der Waals surface area contributed by atoms with Crippen LogP contribution in [-0.2, 0) is 0 Å². The van der Waals surface area contributed by atoms with E-state index >= 15 is 0 Å². The minimum absolute atomic E-state index is 0. The van der Waals surface area contributed by atoms with Gasteiger partial charge in [-0.05, 0) is 0 Å². The molecule has 0 aliphatic heterocycles. The van der Waals surface area contributed by atoms with Gasteiger partial charge >= 0.3 is 0 Å². The molecule has 0 aliphatic rings. The van der Waals surface area contributed by atoms with Crippen LogP contribution in [-0.4, -0.2) is 145 Å². The van der Waals surface area contributed by atoms with Crippen molar-refractivity contribution in [1.29, 1.82) is 0 Å². The van der Waals surface area contributed by atoms with Crippen molar-refractivity contribution in [3.05, 3.63) is 0 Å². The first-order valence-electron chi connectivity index (χ1n) is 0. The summed E-state index contributed by atoms with van der Waals surface area (Å²) < 4.78 is 0. The van der Waals surface area contributed by atoms with Crippen molar-refractivity contribution in [1.82, 2.24) is 0 Å². The van der Waals surface area contributed by atoms with Crippen LogP contribution in [0, 0.1) is 0 Å². The average molecular weight is 148 g/mol. The Morgan fingerprint density at radius 3 is 0.250 bits per heavy atom. The maximum atomic E-state index is 0. The first kappa shape index (κ1) is 81.3. The molecule has 4 radical (unpaired) electrons. The summed E-state index contributed by atoms with van der Waals surface area (Å²) in [5.41, 5.74) is 0. The topological polar surface area (TPSA) is 0 Å². The molecule has 0 saturated carbocycles. The summed E-state index contributed by atoms with van der Waals surface area (Å²) in [4.78, 5) is 0. The van der Waals surface area contributed by atoms with E-state index < -0.39 is 0 Å². The average Bonchev–Trinajstić information content (AvgIpc) is 0. The Morgan fingerprint density at radius 2 is 0.250 bits per heavy atom. The molecule has 0 atom stereocenters. The molecule has 0 saturated heterocycles. The van der Waals surface area contributed by atoms with E-state index in [9.17, 15) is 0 Å². The molecule has 8 heteroatoms. The van der Waals surface area contributed by atoms with Gasteiger partial charge in [-0.1, -0.05) is 0 Å². The molecule has 0 bridgehead atoms. The molecule has 0 spiro atoms. The predicted molar refractivity (Wildman–Crippen MR) is 62.8 cm³/mol. The Morgan fingerprint density at radius 1 is 0.250 bits per heavy atom. The van der Waals surface area contributed by atoms with Gasteiger partial charge < -0.3 is 0 Å². The van der Waals surface area contributed by atoms with Crippen LogP contribution in [0.15, 0.2) is 0 Å². The van der Waals surface area contributed by atoms with Crippen LogP contribution in [0.4, 0.5) is 0 Å². The molecule has 0 heterocycles. The Kier molecular flexibility index (Phi) is 634. The Labute approximate surface area is 142 Å². The van der Waals surface area contributed by atoms with Gasteiger partial charge in [0.15, 0.2) is 69.4 Å². The van der Waals surface area contributed by atoms with Crippen molar-refractivity contribution in [3.63, 3.8) is 0 Å². The van der Waals surface area contributed by atoms with Crippen molar-refractivity contribution < 1.29 is 0 Å². The third-order valence-electron chi connectivity index (χ3n) is 0. The van der Waals surface area contributed by atoms with E-state index in [0.29, 0.717) is 0 Å². The van der Waals surface area contributed by atoms with E-state index in [1.165, 1.54) is 0 Å². The van der Waals surface area contributed by atoms with Crippen LogP contribution < -0.4 is 0 Å². The third kappa shape index (κ3) is 46.7. The fraction of sp³-hybridized carbons (Fsp3) is 0. The van der Waals surface area contributed by atoms with Gasteiger partial charge in [-0.2, -0.15) is 0 Å². The normalized spacial score (nSPS) is 0. The molecular weight excluding hydrogens is 136 g/mol. The maximum absolute atomic E-state index is 0. The third-order valence-corrected chi connectivity index (χ3v) is 0. The van der Waals surface area contributed by atoms with Crippen LogP contribution in [0.1, 0.15) is 0 Å². The first-order chi connectivity index (χ1) is 0. The molecule has 0 aliphatic carbocycles. The second kappa shape index (κ2) is 62.4. The van der Waals surface area contributed by atoms with Gasteiger partial charge in [0.05, 0.1) is 0 Å². The Hall–Kier alpha value is 4.52. The molecule has 0 N–H and O–H groups in total. The van der Waals surface area contributed by atoms with Gasteiger partial charge in [0.1, 0.15) is 0 Å². The molecule has 0 aromatic carbocycles. The van der Waals surface area contributed by atoms with E-state index in [1.807, 2.05) is 0 Å². The van der Waals surface area contributed by atoms with Crippen molar-refractivity contribution in [2.45, 2.75) is 0 Å². The van der Waals surface area contributed by atoms with Crippen molar-refractivity contribution in [2.24, 2.45) is 0 Å². The molecule has 0 unspecified atom stereocenters. The van der Waals surface area contributed by atoms with Gasteiger partial charge in [0.2, 0.25) is 0 Å². The van der Waals surface area contributed by atoms with Crippen LogP contribution in [0.3, 0.4) is 0 Å². The quantitative estimate of drug-likeness (QED) is 0.300. The monoisotopic (exact) mass is 148 g/mol. The van der Waals surface area contributed by atoms with Crippen LogP contribution >= 0.6 is 0 Å². The molecule has 28 valence electrons. The number of hydrogen-bond acceptors (Lipinski definition) is 0. The fourth-order valence-corrected chi connectivity index (χ4v) is 0. The van der Waals surface area contributed by atoms with Crippen molar-refractivity contribution in [2.75, 3.05) is 0 Å². The van der Waals surface area contributed by atoms with Gasteiger partial charge in [-0.15, -0.1) is 0 Å². The van der Waals surface area contributed by atoms with Crippen molar-refractivity contribution in [3.8, 4) is 0 Å².